The summed E-state index contributed by atoms with van der Waals surface area (Å²) in [7, 11) is 1.47. The zero-order valence-electron chi connectivity index (χ0n) is 10.5. The maximum atomic E-state index is 13.9. The first kappa shape index (κ1) is 14.0. The number of rotatable bonds is 5. The van der Waals surface area contributed by atoms with Crippen molar-refractivity contribution in [3.63, 3.8) is 0 Å². The van der Waals surface area contributed by atoms with E-state index < -0.39 is 11.9 Å². The molecule has 0 saturated carbocycles. The normalized spacial score (nSPS) is 14.1. The van der Waals surface area contributed by atoms with E-state index in [0.717, 1.165) is 4.88 Å². The van der Waals surface area contributed by atoms with Crippen molar-refractivity contribution in [1.29, 1.82) is 0 Å². The van der Waals surface area contributed by atoms with Crippen molar-refractivity contribution in [2.24, 2.45) is 5.73 Å². The molecule has 102 valence electrons. The number of hydrogen-bond donors (Lipinski definition) is 2. The van der Waals surface area contributed by atoms with Crippen LogP contribution in [0.3, 0.4) is 0 Å². The summed E-state index contributed by atoms with van der Waals surface area (Å²) >= 11 is 1.50. The van der Waals surface area contributed by atoms with Crippen molar-refractivity contribution in [3.05, 3.63) is 52.0 Å². The second-order valence-electron chi connectivity index (χ2n) is 4.19. The van der Waals surface area contributed by atoms with Gasteiger partial charge in [0.05, 0.1) is 13.2 Å². The van der Waals surface area contributed by atoms with E-state index in [-0.39, 0.29) is 18.0 Å². The summed E-state index contributed by atoms with van der Waals surface area (Å²) in [4.78, 5) is 0.949. The minimum Gasteiger partial charge on any atom is -0.497 e. The monoisotopic (exact) mass is 281 g/mol. The molecule has 0 aliphatic rings. The third-order valence-corrected chi connectivity index (χ3v) is 4.07. The lowest BCUT2D eigenvalue weighted by atomic mass is 9.94. The van der Waals surface area contributed by atoms with Gasteiger partial charge in [-0.05, 0) is 23.6 Å². The lowest BCUT2D eigenvalue weighted by Crippen LogP contribution is -2.20. The van der Waals surface area contributed by atoms with Crippen LogP contribution in [0.15, 0.2) is 35.7 Å². The zero-order chi connectivity index (χ0) is 13.8. The second kappa shape index (κ2) is 6.14. The van der Waals surface area contributed by atoms with E-state index in [0.29, 0.717) is 5.75 Å². The summed E-state index contributed by atoms with van der Waals surface area (Å²) in [6.07, 6.45) is -0.963. The number of benzene rings is 1. The molecule has 2 unspecified atom stereocenters. The first-order valence-electron chi connectivity index (χ1n) is 5.92. The SMILES string of the molecule is COc1ccc(C(O)C(CN)c2cccs2)c(F)c1. The van der Waals surface area contributed by atoms with E-state index in [1.807, 2.05) is 17.5 Å². The molecule has 1 aromatic carbocycles. The highest BCUT2D eigenvalue weighted by atomic mass is 32.1. The largest absolute Gasteiger partial charge is 0.497 e. The van der Waals surface area contributed by atoms with Gasteiger partial charge in [0.1, 0.15) is 11.6 Å². The summed E-state index contributed by atoms with van der Waals surface area (Å²) in [6.45, 7) is 0.257. The van der Waals surface area contributed by atoms with E-state index in [1.165, 1.54) is 30.6 Å². The van der Waals surface area contributed by atoms with Crippen LogP contribution in [0.5, 0.6) is 5.75 Å². The molecule has 5 heteroatoms. The predicted octanol–water partition coefficient (Wildman–Crippen LogP) is 2.67. The summed E-state index contributed by atoms with van der Waals surface area (Å²) < 4.78 is 18.9. The van der Waals surface area contributed by atoms with Crippen LogP contribution in [-0.2, 0) is 0 Å². The van der Waals surface area contributed by atoms with E-state index in [4.69, 9.17) is 10.5 Å². The Balaban J connectivity index is 2.30. The maximum absolute atomic E-state index is 13.9. The van der Waals surface area contributed by atoms with Crippen molar-refractivity contribution in [2.45, 2.75) is 12.0 Å². The van der Waals surface area contributed by atoms with E-state index in [9.17, 15) is 9.50 Å². The zero-order valence-corrected chi connectivity index (χ0v) is 11.4. The highest BCUT2D eigenvalue weighted by Crippen LogP contribution is 2.34. The molecule has 1 heterocycles. The van der Waals surface area contributed by atoms with Gasteiger partial charge in [0.2, 0.25) is 0 Å². The molecule has 1 aromatic heterocycles. The molecule has 0 spiro atoms. The Labute approximate surface area is 115 Å². The van der Waals surface area contributed by atoms with Crippen molar-refractivity contribution < 1.29 is 14.2 Å². The topological polar surface area (TPSA) is 55.5 Å². The third kappa shape index (κ3) is 2.94. The average molecular weight is 281 g/mol. The Hall–Kier alpha value is -1.43. The Morgan fingerprint density at radius 2 is 2.21 bits per heavy atom. The van der Waals surface area contributed by atoms with Crippen LogP contribution in [-0.4, -0.2) is 18.8 Å². The highest BCUT2D eigenvalue weighted by molar-refractivity contribution is 7.10. The lowest BCUT2D eigenvalue weighted by Gasteiger charge is -2.21. The quantitative estimate of drug-likeness (QED) is 0.886. The van der Waals surface area contributed by atoms with Crippen LogP contribution >= 0.6 is 11.3 Å². The fourth-order valence-corrected chi connectivity index (χ4v) is 2.87. The molecule has 0 bridgehead atoms. The molecule has 2 rings (SSSR count). The van der Waals surface area contributed by atoms with Gasteiger partial charge in [-0.3, -0.25) is 0 Å². The number of hydrogen-bond acceptors (Lipinski definition) is 4. The third-order valence-electron chi connectivity index (χ3n) is 3.07. The minimum absolute atomic E-state index is 0.240. The van der Waals surface area contributed by atoms with Gasteiger partial charge in [0, 0.05) is 29.0 Å². The van der Waals surface area contributed by atoms with Gasteiger partial charge in [-0.2, -0.15) is 0 Å². The fraction of sp³-hybridized carbons (Fsp3) is 0.286. The van der Waals surface area contributed by atoms with Crippen molar-refractivity contribution in [2.75, 3.05) is 13.7 Å². The van der Waals surface area contributed by atoms with Crippen LogP contribution in [0.2, 0.25) is 0 Å². The standard InChI is InChI=1S/C14H16FNO2S/c1-18-9-4-5-10(12(15)7-9)14(17)11(8-16)13-3-2-6-19-13/h2-7,11,14,17H,8,16H2,1H3. The number of aliphatic hydroxyl groups excluding tert-OH is 1. The van der Waals surface area contributed by atoms with Crippen LogP contribution in [0, 0.1) is 5.82 Å². The minimum atomic E-state index is -0.963. The molecule has 3 nitrogen and oxygen atoms in total. The molecule has 0 aliphatic heterocycles. The highest BCUT2D eigenvalue weighted by Gasteiger charge is 2.25. The van der Waals surface area contributed by atoms with Gasteiger partial charge in [0.25, 0.3) is 0 Å². The predicted molar refractivity (Wildman–Crippen MR) is 74.0 cm³/mol. The summed E-state index contributed by atoms with van der Waals surface area (Å²) in [5.41, 5.74) is 5.95. The smallest absolute Gasteiger partial charge is 0.132 e. The van der Waals surface area contributed by atoms with Gasteiger partial charge >= 0.3 is 0 Å². The molecule has 19 heavy (non-hydrogen) atoms. The molecular weight excluding hydrogens is 265 g/mol. The Bertz CT molecular complexity index is 530. The number of aliphatic hydroxyl groups is 1. The van der Waals surface area contributed by atoms with E-state index in [2.05, 4.69) is 0 Å². The molecule has 2 aromatic rings. The summed E-state index contributed by atoms with van der Waals surface area (Å²) in [5, 5.41) is 12.3. The number of methoxy groups -OCH3 is 1. The van der Waals surface area contributed by atoms with Crippen LogP contribution in [0.1, 0.15) is 22.5 Å². The molecule has 0 saturated heterocycles. The molecule has 2 atom stereocenters. The summed E-state index contributed by atoms with van der Waals surface area (Å²) in [6, 6.07) is 8.21. The first-order valence-corrected chi connectivity index (χ1v) is 6.80. The van der Waals surface area contributed by atoms with Crippen LogP contribution < -0.4 is 10.5 Å². The number of thiophene rings is 1. The van der Waals surface area contributed by atoms with Crippen LogP contribution in [0.25, 0.3) is 0 Å². The fourth-order valence-electron chi connectivity index (χ4n) is 1.99. The Kier molecular flexibility index (Phi) is 4.52. The molecular formula is C14H16FNO2S. The molecule has 0 radical (unpaired) electrons. The number of nitrogens with two attached hydrogens (primary N) is 1. The molecule has 3 N–H and O–H groups in total. The van der Waals surface area contributed by atoms with Crippen LogP contribution in [0.4, 0.5) is 4.39 Å². The Morgan fingerprint density at radius 3 is 2.74 bits per heavy atom. The summed E-state index contributed by atoms with van der Waals surface area (Å²) in [5.74, 6) is -0.362. The Morgan fingerprint density at radius 1 is 1.42 bits per heavy atom. The number of halogens is 1. The average Bonchev–Trinajstić information content (AvgIpc) is 2.93. The molecule has 0 amide bonds. The van der Waals surface area contributed by atoms with Crippen molar-refractivity contribution >= 4 is 11.3 Å². The van der Waals surface area contributed by atoms with Gasteiger partial charge in [0.15, 0.2) is 0 Å². The molecule has 0 fully saturated rings. The van der Waals surface area contributed by atoms with E-state index in [1.54, 1.807) is 6.07 Å². The molecule has 0 aliphatic carbocycles. The van der Waals surface area contributed by atoms with Gasteiger partial charge in [-0.1, -0.05) is 6.07 Å². The lowest BCUT2D eigenvalue weighted by molar-refractivity contribution is 0.144. The van der Waals surface area contributed by atoms with Crippen molar-refractivity contribution in [1.82, 2.24) is 0 Å². The second-order valence-corrected chi connectivity index (χ2v) is 5.17. The maximum Gasteiger partial charge on any atom is 0.132 e. The number of ether oxygens (including phenoxy) is 1. The van der Waals surface area contributed by atoms with Gasteiger partial charge in [-0.25, -0.2) is 4.39 Å². The van der Waals surface area contributed by atoms with E-state index >= 15 is 0 Å². The van der Waals surface area contributed by atoms with Gasteiger partial charge < -0.3 is 15.6 Å². The first-order chi connectivity index (χ1) is 9.17. The van der Waals surface area contributed by atoms with Crippen molar-refractivity contribution in [3.8, 4) is 5.75 Å². The van der Waals surface area contributed by atoms with Gasteiger partial charge in [-0.15, -0.1) is 11.3 Å².